The number of amides is 1. The molecule has 1 unspecified atom stereocenters. The number of fused-ring (bicyclic) bond motifs is 1. The summed E-state index contributed by atoms with van der Waals surface area (Å²) in [4.78, 5) is 34.6. The highest BCUT2D eigenvalue weighted by atomic mass is 32.2. The molecular formula is C26H27N3O3S2. The summed E-state index contributed by atoms with van der Waals surface area (Å²) < 4.78 is 5.51. The predicted molar refractivity (Wildman–Crippen MR) is 141 cm³/mol. The van der Waals surface area contributed by atoms with Gasteiger partial charge in [-0.05, 0) is 50.1 Å². The summed E-state index contributed by atoms with van der Waals surface area (Å²) in [5, 5.41) is 3.34. The number of aryl methyl sites for hydroxylation is 2. The van der Waals surface area contributed by atoms with E-state index in [1.54, 1.807) is 7.11 Å². The summed E-state index contributed by atoms with van der Waals surface area (Å²) in [5.41, 5.74) is 3.75. The minimum absolute atomic E-state index is 0.105. The number of thioether (sulfide) groups is 1. The second kappa shape index (κ2) is 10.4. The zero-order valence-electron chi connectivity index (χ0n) is 19.6. The summed E-state index contributed by atoms with van der Waals surface area (Å²) in [6, 6.07) is 15.8. The van der Waals surface area contributed by atoms with Gasteiger partial charge in [-0.25, -0.2) is 4.98 Å². The molecule has 0 aliphatic rings. The Hall–Kier alpha value is -3.10. The number of H-pyrrole nitrogens is 1. The SMILES string of the molecule is COc1ccc(NC(=O)C(C)SCc2nc3sc(C)c(C)c3c(=O)[nH]2)cc1Cc1ccccc1. The van der Waals surface area contributed by atoms with Crippen molar-refractivity contribution in [3.05, 3.63) is 86.3 Å². The van der Waals surface area contributed by atoms with Gasteiger partial charge in [0.15, 0.2) is 0 Å². The first-order chi connectivity index (χ1) is 16.4. The van der Waals surface area contributed by atoms with E-state index in [2.05, 4.69) is 27.4 Å². The molecule has 2 aromatic carbocycles. The van der Waals surface area contributed by atoms with E-state index < -0.39 is 0 Å². The Morgan fingerprint density at radius 3 is 2.71 bits per heavy atom. The number of benzene rings is 2. The van der Waals surface area contributed by atoms with E-state index in [9.17, 15) is 9.59 Å². The van der Waals surface area contributed by atoms with E-state index in [0.29, 0.717) is 23.4 Å². The van der Waals surface area contributed by atoms with Gasteiger partial charge in [0.1, 0.15) is 16.4 Å². The highest BCUT2D eigenvalue weighted by molar-refractivity contribution is 7.99. The Morgan fingerprint density at radius 1 is 1.21 bits per heavy atom. The van der Waals surface area contributed by atoms with Gasteiger partial charge in [-0.1, -0.05) is 30.3 Å². The molecular weight excluding hydrogens is 466 g/mol. The number of hydrogen-bond acceptors (Lipinski definition) is 6. The molecule has 4 rings (SSSR count). The Balaban J connectivity index is 1.42. The van der Waals surface area contributed by atoms with Crippen molar-refractivity contribution in [2.45, 2.75) is 38.2 Å². The van der Waals surface area contributed by atoms with Crippen molar-refractivity contribution in [2.75, 3.05) is 12.4 Å². The third-order valence-corrected chi connectivity index (χ3v) is 7.97. The maximum Gasteiger partial charge on any atom is 0.259 e. The summed E-state index contributed by atoms with van der Waals surface area (Å²) in [7, 11) is 1.65. The second-order valence-electron chi connectivity index (χ2n) is 8.11. The smallest absolute Gasteiger partial charge is 0.259 e. The van der Waals surface area contributed by atoms with Crippen LogP contribution in [0.1, 0.15) is 34.3 Å². The quantitative estimate of drug-likeness (QED) is 0.340. The van der Waals surface area contributed by atoms with Crippen LogP contribution in [0.2, 0.25) is 0 Å². The van der Waals surface area contributed by atoms with Crippen molar-refractivity contribution in [1.29, 1.82) is 0 Å². The lowest BCUT2D eigenvalue weighted by Crippen LogP contribution is -2.23. The molecule has 1 atom stereocenters. The number of nitrogens with one attached hydrogen (secondary N) is 2. The van der Waals surface area contributed by atoms with E-state index in [1.807, 2.05) is 57.2 Å². The molecule has 34 heavy (non-hydrogen) atoms. The van der Waals surface area contributed by atoms with Crippen molar-refractivity contribution >= 4 is 44.9 Å². The highest BCUT2D eigenvalue weighted by Gasteiger charge is 2.17. The molecule has 176 valence electrons. The average molecular weight is 494 g/mol. The first kappa shape index (κ1) is 24.0. The number of nitrogens with zero attached hydrogens (tertiary/aromatic N) is 1. The number of carbonyl (C=O) groups excluding carboxylic acids is 1. The average Bonchev–Trinajstić information content (AvgIpc) is 3.12. The molecule has 2 aromatic heterocycles. The molecule has 0 fully saturated rings. The monoisotopic (exact) mass is 493 g/mol. The van der Waals surface area contributed by atoms with Crippen LogP contribution in [0.5, 0.6) is 5.75 Å². The zero-order valence-corrected chi connectivity index (χ0v) is 21.2. The fraction of sp³-hybridized carbons (Fsp3) is 0.269. The third kappa shape index (κ3) is 5.34. The fourth-order valence-electron chi connectivity index (χ4n) is 3.70. The topological polar surface area (TPSA) is 84.1 Å². The van der Waals surface area contributed by atoms with E-state index >= 15 is 0 Å². The molecule has 0 bridgehead atoms. The Labute approximate surface area is 206 Å². The maximum atomic E-state index is 12.8. The van der Waals surface area contributed by atoms with Gasteiger partial charge in [0, 0.05) is 22.5 Å². The van der Waals surface area contributed by atoms with Gasteiger partial charge in [-0.3, -0.25) is 9.59 Å². The van der Waals surface area contributed by atoms with E-state index in [1.165, 1.54) is 28.7 Å². The number of methoxy groups -OCH3 is 1. The lowest BCUT2D eigenvalue weighted by atomic mass is 10.0. The molecule has 8 heteroatoms. The Morgan fingerprint density at radius 2 is 1.97 bits per heavy atom. The van der Waals surface area contributed by atoms with Crippen molar-refractivity contribution in [2.24, 2.45) is 0 Å². The van der Waals surface area contributed by atoms with Crippen molar-refractivity contribution in [3.63, 3.8) is 0 Å². The molecule has 0 saturated heterocycles. The van der Waals surface area contributed by atoms with Crippen LogP contribution < -0.4 is 15.6 Å². The van der Waals surface area contributed by atoms with Crippen LogP contribution in [0.3, 0.4) is 0 Å². The molecule has 0 aliphatic carbocycles. The normalized spacial score (nSPS) is 12.0. The van der Waals surface area contributed by atoms with Crippen LogP contribution in [-0.4, -0.2) is 28.2 Å². The number of rotatable bonds is 8. The van der Waals surface area contributed by atoms with Crippen LogP contribution in [0.25, 0.3) is 10.2 Å². The molecule has 0 aliphatic heterocycles. The number of anilines is 1. The first-order valence-electron chi connectivity index (χ1n) is 11.0. The Kier molecular flexibility index (Phi) is 7.38. The van der Waals surface area contributed by atoms with Crippen molar-refractivity contribution in [3.8, 4) is 5.75 Å². The van der Waals surface area contributed by atoms with Crippen LogP contribution in [-0.2, 0) is 17.0 Å². The molecule has 1 amide bonds. The summed E-state index contributed by atoms with van der Waals surface area (Å²) in [6.45, 7) is 5.78. The fourth-order valence-corrected chi connectivity index (χ4v) is 5.51. The van der Waals surface area contributed by atoms with Gasteiger partial charge in [-0.2, -0.15) is 0 Å². The summed E-state index contributed by atoms with van der Waals surface area (Å²) >= 11 is 2.96. The number of thiophene rings is 1. The maximum absolute atomic E-state index is 12.8. The van der Waals surface area contributed by atoms with E-state index in [-0.39, 0.29) is 16.7 Å². The summed E-state index contributed by atoms with van der Waals surface area (Å²) in [6.07, 6.45) is 0.710. The predicted octanol–water partition coefficient (Wildman–Crippen LogP) is 5.46. The number of ether oxygens (including phenoxy) is 1. The van der Waals surface area contributed by atoms with Crippen molar-refractivity contribution < 1.29 is 9.53 Å². The molecule has 0 saturated carbocycles. The van der Waals surface area contributed by atoms with Crippen LogP contribution in [0.15, 0.2) is 53.3 Å². The van der Waals surface area contributed by atoms with Gasteiger partial charge in [0.25, 0.3) is 5.56 Å². The van der Waals surface area contributed by atoms with Crippen LogP contribution in [0.4, 0.5) is 5.69 Å². The lowest BCUT2D eigenvalue weighted by molar-refractivity contribution is -0.115. The zero-order chi connectivity index (χ0) is 24.2. The summed E-state index contributed by atoms with van der Waals surface area (Å²) in [5.74, 6) is 1.70. The van der Waals surface area contributed by atoms with Crippen molar-refractivity contribution in [1.82, 2.24) is 9.97 Å². The third-order valence-electron chi connectivity index (χ3n) is 5.71. The molecule has 2 heterocycles. The van der Waals surface area contributed by atoms with E-state index in [4.69, 9.17) is 4.74 Å². The number of carbonyl (C=O) groups is 1. The first-order valence-corrected chi connectivity index (χ1v) is 12.8. The van der Waals surface area contributed by atoms with Gasteiger partial charge in [0.05, 0.1) is 23.5 Å². The number of aromatic amines is 1. The minimum Gasteiger partial charge on any atom is -0.496 e. The lowest BCUT2D eigenvalue weighted by Gasteiger charge is -2.14. The highest BCUT2D eigenvalue weighted by Crippen LogP contribution is 2.28. The molecule has 0 radical (unpaired) electrons. The number of aromatic nitrogens is 2. The largest absolute Gasteiger partial charge is 0.496 e. The number of hydrogen-bond donors (Lipinski definition) is 2. The molecule has 0 spiro atoms. The molecule has 4 aromatic rings. The van der Waals surface area contributed by atoms with Gasteiger partial charge >= 0.3 is 0 Å². The van der Waals surface area contributed by atoms with E-state index in [0.717, 1.165) is 32.3 Å². The Bertz CT molecular complexity index is 1380. The molecule has 2 N–H and O–H groups in total. The van der Waals surface area contributed by atoms with Crippen LogP contribution in [0, 0.1) is 13.8 Å². The van der Waals surface area contributed by atoms with Gasteiger partial charge < -0.3 is 15.0 Å². The standard InChI is InChI=1S/C26H27N3O3S2/c1-15-16(2)34-26-23(15)25(31)28-22(29-26)14-33-17(3)24(30)27-20-10-11-21(32-4)19(13-20)12-18-8-6-5-7-9-18/h5-11,13,17H,12,14H2,1-4H3,(H,27,30)(H,28,29,31). The van der Waals surface area contributed by atoms with Crippen LogP contribution >= 0.6 is 23.1 Å². The van der Waals surface area contributed by atoms with Gasteiger partial charge in [-0.15, -0.1) is 23.1 Å². The minimum atomic E-state index is -0.326. The second-order valence-corrected chi connectivity index (χ2v) is 10.6. The van der Waals surface area contributed by atoms with Gasteiger partial charge in [0.2, 0.25) is 5.91 Å². The molecule has 6 nitrogen and oxygen atoms in total.